The van der Waals surface area contributed by atoms with E-state index in [0.29, 0.717) is 19.2 Å². The van der Waals surface area contributed by atoms with Gasteiger partial charge in [0.05, 0.1) is 23.8 Å². The average molecular weight is 398 g/mol. The number of methoxy groups -OCH3 is 1. The quantitative estimate of drug-likeness (QED) is 0.405. The minimum atomic E-state index is -5.10. The number of carbonyl (C=O) groups excluding carboxylic acids is 1. The van der Waals surface area contributed by atoms with Crippen LogP contribution in [-0.2, 0) is 17.1 Å². The molecule has 1 aromatic rings. The van der Waals surface area contributed by atoms with E-state index in [1.807, 2.05) is 0 Å². The molecule has 2 nitrogen and oxygen atoms in total. The minimum absolute atomic E-state index is 0.420. The molecule has 9 heteroatoms. The van der Waals surface area contributed by atoms with Crippen molar-refractivity contribution in [3.8, 4) is 0 Å². The van der Waals surface area contributed by atoms with Crippen molar-refractivity contribution >= 4 is 28.6 Å². The monoisotopic (exact) mass is 398 g/mol. The lowest BCUT2D eigenvalue weighted by Crippen LogP contribution is -2.22. The summed E-state index contributed by atoms with van der Waals surface area (Å²) in [6.45, 7) is 0. The minimum Gasteiger partial charge on any atom is -0.465 e. The van der Waals surface area contributed by atoms with Gasteiger partial charge in [0, 0.05) is 3.57 Å². The van der Waals surface area contributed by atoms with Gasteiger partial charge in [-0.05, 0) is 34.7 Å². The molecule has 1 rings (SSSR count). The van der Waals surface area contributed by atoms with Crippen molar-refractivity contribution in [2.75, 3.05) is 7.11 Å². The van der Waals surface area contributed by atoms with E-state index in [2.05, 4.69) is 4.74 Å². The van der Waals surface area contributed by atoms with Crippen molar-refractivity contribution < 1.29 is 35.9 Å². The molecule has 0 amide bonds. The van der Waals surface area contributed by atoms with Crippen LogP contribution in [-0.4, -0.2) is 13.1 Å². The molecule has 0 aliphatic carbocycles. The number of alkyl halides is 6. The summed E-state index contributed by atoms with van der Waals surface area (Å²) < 4.78 is 79.9. The molecule has 0 radical (unpaired) electrons. The van der Waals surface area contributed by atoms with E-state index in [0.717, 1.165) is 0 Å². The predicted octanol–water partition coefficient (Wildman–Crippen LogP) is 4.12. The van der Waals surface area contributed by atoms with E-state index >= 15 is 0 Å². The average Bonchev–Trinajstić information content (AvgIpc) is 2.24. The second-order valence-electron chi connectivity index (χ2n) is 3.33. The number of halogens is 7. The molecule has 0 saturated heterocycles. The van der Waals surface area contributed by atoms with E-state index in [9.17, 15) is 31.1 Å². The first kappa shape index (κ1) is 16.1. The number of esters is 1. The van der Waals surface area contributed by atoms with Crippen molar-refractivity contribution in [2.45, 2.75) is 12.4 Å². The normalized spacial score (nSPS) is 12.4. The summed E-state index contributed by atoms with van der Waals surface area (Å²) in [5.74, 6) is -1.68. The fourth-order valence-electron chi connectivity index (χ4n) is 1.40. The highest BCUT2D eigenvalue weighted by Gasteiger charge is 2.44. The molecular formula is C10H5F6IO2. The Morgan fingerprint density at radius 1 is 1.11 bits per heavy atom. The third-order valence-electron chi connectivity index (χ3n) is 2.13. The van der Waals surface area contributed by atoms with Gasteiger partial charge in [-0.15, -0.1) is 0 Å². The fraction of sp³-hybridized carbons (Fsp3) is 0.300. The topological polar surface area (TPSA) is 26.3 Å². The SMILES string of the molecule is COC(=O)c1c(C(F)(F)F)ccc(I)c1C(F)(F)F. The van der Waals surface area contributed by atoms with Crippen LogP contribution in [0.1, 0.15) is 21.5 Å². The zero-order chi connectivity index (χ0) is 15.0. The molecule has 0 N–H and O–H groups in total. The van der Waals surface area contributed by atoms with Gasteiger partial charge in [-0.2, -0.15) is 26.3 Å². The smallest absolute Gasteiger partial charge is 0.418 e. The van der Waals surface area contributed by atoms with Crippen LogP contribution in [0.5, 0.6) is 0 Å². The summed E-state index contributed by atoms with van der Waals surface area (Å²) in [5.41, 5.74) is -4.84. The Morgan fingerprint density at radius 2 is 1.63 bits per heavy atom. The van der Waals surface area contributed by atoms with Gasteiger partial charge < -0.3 is 4.74 Å². The number of carbonyl (C=O) groups is 1. The van der Waals surface area contributed by atoms with Crippen molar-refractivity contribution in [3.05, 3.63) is 32.4 Å². The molecule has 0 aliphatic rings. The van der Waals surface area contributed by atoms with E-state index in [1.54, 1.807) is 0 Å². The lowest BCUT2D eigenvalue weighted by molar-refractivity contribution is -0.144. The summed E-state index contributed by atoms with van der Waals surface area (Å²) in [5, 5.41) is 0. The molecule has 1 aromatic carbocycles. The molecule has 0 spiro atoms. The second-order valence-corrected chi connectivity index (χ2v) is 4.49. The molecule has 0 fully saturated rings. The van der Waals surface area contributed by atoms with Gasteiger partial charge in [0.25, 0.3) is 0 Å². The van der Waals surface area contributed by atoms with E-state index < -0.39 is 38.6 Å². The van der Waals surface area contributed by atoms with E-state index in [-0.39, 0.29) is 0 Å². The number of rotatable bonds is 1. The lowest BCUT2D eigenvalue weighted by Gasteiger charge is -2.18. The zero-order valence-electron chi connectivity index (χ0n) is 9.12. The summed E-state index contributed by atoms with van der Waals surface area (Å²) in [4.78, 5) is 11.3. The highest BCUT2D eigenvalue weighted by atomic mass is 127. The molecule has 0 unspecified atom stereocenters. The first-order chi connectivity index (χ1) is 8.50. The lowest BCUT2D eigenvalue weighted by atomic mass is 10.00. The van der Waals surface area contributed by atoms with Gasteiger partial charge in [0.1, 0.15) is 0 Å². The zero-order valence-corrected chi connectivity index (χ0v) is 11.3. The number of hydrogen-bond donors (Lipinski definition) is 0. The van der Waals surface area contributed by atoms with Crippen molar-refractivity contribution in [2.24, 2.45) is 0 Å². The Kier molecular flexibility index (Phi) is 4.37. The van der Waals surface area contributed by atoms with Crippen LogP contribution in [0.3, 0.4) is 0 Å². The first-order valence-electron chi connectivity index (χ1n) is 4.55. The van der Waals surface area contributed by atoms with E-state index in [1.165, 1.54) is 22.6 Å². The summed E-state index contributed by atoms with van der Waals surface area (Å²) in [7, 11) is 0.711. The molecule has 0 atom stereocenters. The van der Waals surface area contributed by atoms with Gasteiger partial charge in [-0.25, -0.2) is 4.79 Å². The highest BCUT2D eigenvalue weighted by Crippen LogP contribution is 2.41. The van der Waals surface area contributed by atoms with Crippen LogP contribution < -0.4 is 0 Å². The second kappa shape index (κ2) is 5.17. The molecule has 0 aliphatic heterocycles. The van der Waals surface area contributed by atoms with Gasteiger partial charge >= 0.3 is 18.3 Å². The Bertz CT molecular complexity index is 506. The van der Waals surface area contributed by atoms with Gasteiger partial charge in [-0.3, -0.25) is 0 Å². The third kappa shape index (κ3) is 3.31. The Morgan fingerprint density at radius 3 is 2.00 bits per heavy atom. The largest absolute Gasteiger partial charge is 0.465 e. The van der Waals surface area contributed by atoms with Crippen molar-refractivity contribution in [1.29, 1.82) is 0 Å². The van der Waals surface area contributed by atoms with Gasteiger partial charge in [0.2, 0.25) is 0 Å². The molecule has 0 aromatic heterocycles. The number of ether oxygens (including phenoxy) is 1. The maximum Gasteiger partial charge on any atom is 0.418 e. The van der Waals surface area contributed by atoms with Crippen molar-refractivity contribution in [3.63, 3.8) is 0 Å². The van der Waals surface area contributed by atoms with Crippen LogP contribution in [0.25, 0.3) is 0 Å². The molecule has 106 valence electrons. The maximum absolute atomic E-state index is 12.8. The number of benzene rings is 1. The fourth-order valence-corrected chi connectivity index (χ4v) is 2.16. The van der Waals surface area contributed by atoms with Gasteiger partial charge in [0.15, 0.2) is 0 Å². The Labute approximate surface area is 116 Å². The Hall–Kier alpha value is -1.00. The van der Waals surface area contributed by atoms with Crippen molar-refractivity contribution in [1.82, 2.24) is 0 Å². The third-order valence-corrected chi connectivity index (χ3v) is 3.03. The van der Waals surface area contributed by atoms with Crippen LogP contribution in [0, 0.1) is 3.57 Å². The van der Waals surface area contributed by atoms with Crippen LogP contribution in [0.2, 0.25) is 0 Å². The van der Waals surface area contributed by atoms with E-state index in [4.69, 9.17) is 0 Å². The standard InChI is InChI=1S/C10H5F6IO2/c1-19-8(18)6-4(9(11,12)13)2-3-5(17)7(6)10(14,15)16/h2-3H,1H3. The molecule has 19 heavy (non-hydrogen) atoms. The summed E-state index contributed by atoms with van der Waals surface area (Å²) >= 11 is 1.21. The predicted molar refractivity (Wildman–Crippen MR) is 60.5 cm³/mol. The molecule has 0 saturated carbocycles. The molecule has 0 heterocycles. The van der Waals surface area contributed by atoms with Crippen LogP contribution in [0.15, 0.2) is 12.1 Å². The molecule has 0 bridgehead atoms. The Balaban J connectivity index is 3.76. The number of hydrogen-bond acceptors (Lipinski definition) is 2. The van der Waals surface area contributed by atoms with Crippen LogP contribution >= 0.6 is 22.6 Å². The summed E-state index contributed by atoms with van der Waals surface area (Å²) in [6, 6.07) is 1.07. The molecular weight excluding hydrogens is 393 g/mol. The van der Waals surface area contributed by atoms with Crippen LogP contribution in [0.4, 0.5) is 26.3 Å². The van der Waals surface area contributed by atoms with Gasteiger partial charge in [-0.1, -0.05) is 0 Å². The highest BCUT2D eigenvalue weighted by molar-refractivity contribution is 14.1. The summed E-state index contributed by atoms with van der Waals surface area (Å²) in [6.07, 6.45) is -10.2. The maximum atomic E-state index is 12.8. The first-order valence-corrected chi connectivity index (χ1v) is 5.63.